The van der Waals surface area contributed by atoms with E-state index in [1.165, 1.54) is 32.1 Å². The maximum atomic E-state index is 12.8. The number of rotatable bonds is 7. The van der Waals surface area contributed by atoms with Crippen LogP contribution < -0.4 is 5.32 Å². The van der Waals surface area contributed by atoms with E-state index in [0.29, 0.717) is 10.8 Å². The SMILES string of the molecule is CC(OC(=O)c1oc2ccccc2c1CSC1CCCCC1)C(=O)NC1CC1. The third-order valence-electron chi connectivity index (χ3n) is 5.48. The Labute approximate surface area is 169 Å². The molecule has 4 rings (SSSR count). The molecule has 2 aliphatic carbocycles. The van der Waals surface area contributed by atoms with Gasteiger partial charge < -0.3 is 14.5 Å². The number of hydrogen-bond acceptors (Lipinski definition) is 5. The van der Waals surface area contributed by atoms with E-state index in [-0.39, 0.29) is 17.7 Å². The van der Waals surface area contributed by atoms with Crippen molar-refractivity contribution < 1.29 is 18.7 Å². The van der Waals surface area contributed by atoms with Gasteiger partial charge in [-0.25, -0.2) is 4.79 Å². The van der Waals surface area contributed by atoms with Crippen molar-refractivity contribution in [2.24, 2.45) is 0 Å². The van der Waals surface area contributed by atoms with Crippen LogP contribution in [0.2, 0.25) is 0 Å². The summed E-state index contributed by atoms with van der Waals surface area (Å²) in [6, 6.07) is 7.93. The zero-order valence-electron chi connectivity index (χ0n) is 16.2. The van der Waals surface area contributed by atoms with Crippen molar-refractivity contribution in [1.82, 2.24) is 5.32 Å². The molecule has 1 N–H and O–H groups in total. The van der Waals surface area contributed by atoms with E-state index in [2.05, 4.69) is 5.32 Å². The van der Waals surface area contributed by atoms with Crippen LogP contribution >= 0.6 is 11.8 Å². The Morgan fingerprint density at radius 3 is 2.68 bits per heavy atom. The van der Waals surface area contributed by atoms with E-state index in [4.69, 9.17) is 9.15 Å². The Bertz CT molecular complexity index is 851. The predicted molar refractivity (Wildman–Crippen MR) is 110 cm³/mol. The molecule has 2 aliphatic rings. The highest BCUT2D eigenvalue weighted by atomic mass is 32.2. The lowest BCUT2D eigenvalue weighted by Crippen LogP contribution is -2.37. The number of esters is 1. The summed E-state index contributed by atoms with van der Waals surface area (Å²) < 4.78 is 11.3. The average molecular weight is 402 g/mol. The Hall–Kier alpha value is -1.95. The van der Waals surface area contributed by atoms with Crippen molar-refractivity contribution in [3.05, 3.63) is 35.6 Å². The molecular formula is C22H27NO4S. The van der Waals surface area contributed by atoms with Gasteiger partial charge in [0.05, 0.1) is 0 Å². The molecule has 1 aromatic heterocycles. The van der Waals surface area contributed by atoms with Crippen molar-refractivity contribution in [2.75, 3.05) is 0 Å². The number of carbonyl (C=O) groups is 2. The lowest BCUT2D eigenvalue weighted by atomic mass is 10.0. The Balaban J connectivity index is 1.49. The van der Waals surface area contributed by atoms with Gasteiger partial charge in [-0.2, -0.15) is 11.8 Å². The van der Waals surface area contributed by atoms with Crippen molar-refractivity contribution in [3.8, 4) is 0 Å². The molecule has 1 heterocycles. The third kappa shape index (κ3) is 4.54. The molecule has 150 valence electrons. The summed E-state index contributed by atoms with van der Waals surface area (Å²) in [7, 11) is 0. The maximum Gasteiger partial charge on any atom is 0.375 e. The van der Waals surface area contributed by atoms with Crippen molar-refractivity contribution in [2.45, 2.75) is 75.0 Å². The van der Waals surface area contributed by atoms with Crippen molar-refractivity contribution in [1.29, 1.82) is 0 Å². The number of hydrogen-bond donors (Lipinski definition) is 1. The fourth-order valence-electron chi connectivity index (χ4n) is 3.65. The first kappa shape index (κ1) is 19.4. The number of para-hydroxylation sites is 1. The topological polar surface area (TPSA) is 68.5 Å². The number of nitrogens with one attached hydrogen (secondary N) is 1. The zero-order chi connectivity index (χ0) is 19.5. The lowest BCUT2D eigenvalue weighted by Gasteiger charge is -2.20. The van der Waals surface area contributed by atoms with Crippen molar-refractivity contribution >= 4 is 34.6 Å². The van der Waals surface area contributed by atoms with Gasteiger partial charge in [0.1, 0.15) is 5.58 Å². The molecule has 1 unspecified atom stereocenters. The molecule has 6 heteroatoms. The summed E-state index contributed by atoms with van der Waals surface area (Å²) in [6.07, 6.45) is 7.52. The molecule has 1 amide bonds. The number of thioether (sulfide) groups is 1. The second-order valence-corrected chi connectivity index (χ2v) is 9.10. The van der Waals surface area contributed by atoms with Gasteiger partial charge in [0.2, 0.25) is 5.76 Å². The van der Waals surface area contributed by atoms with Crippen molar-refractivity contribution in [3.63, 3.8) is 0 Å². The highest BCUT2D eigenvalue weighted by Crippen LogP contribution is 2.35. The fraction of sp³-hybridized carbons (Fsp3) is 0.545. The molecule has 0 bridgehead atoms. The standard InChI is InChI=1S/C22H27NO4S/c1-14(21(24)23-15-11-12-15)26-22(25)20-18(13-28-16-7-3-2-4-8-16)17-9-5-6-10-19(17)27-20/h5-6,9-10,14-16H,2-4,7-8,11-13H2,1H3,(H,23,24). The minimum atomic E-state index is -0.833. The van der Waals surface area contributed by atoms with Gasteiger partial charge in [0, 0.05) is 28.0 Å². The summed E-state index contributed by atoms with van der Waals surface area (Å²) >= 11 is 1.90. The summed E-state index contributed by atoms with van der Waals surface area (Å²) in [4.78, 5) is 24.9. The van der Waals surface area contributed by atoms with Crippen LogP contribution in [0, 0.1) is 0 Å². The van der Waals surface area contributed by atoms with E-state index >= 15 is 0 Å². The van der Waals surface area contributed by atoms with Gasteiger partial charge in [0.15, 0.2) is 6.10 Å². The normalized spacial score (nSPS) is 18.8. The Kier molecular flexibility index (Phi) is 5.95. The highest BCUT2D eigenvalue weighted by molar-refractivity contribution is 7.99. The summed E-state index contributed by atoms with van der Waals surface area (Å²) in [5.41, 5.74) is 1.56. The monoisotopic (exact) mass is 401 g/mol. The average Bonchev–Trinajstić information content (AvgIpc) is 3.45. The third-order valence-corrected chi connectivity index (χ3v) is 6.87. The highest BCUT2D eigenvalue weighted by Gasteiger charge is 2.29. The van der Waals surface area contributed by atoms with Crippen LogP contribution in [0.5, 0.6) is 0 Å². The molecule has 0 spiro atoms. The molecule has 5 nitrogen and oxygen atoms in total. The fourth-order valence-corrected chi connectivity index (χ4v) is 5.01. The summed E-state index contributed by atoms with van der Waals surface area (Å²) in [5, 5.41) is 4.45. The van der Waals surface area contributed by atoms with E-state index in [1.54, 1.807) is 6.92 Å². The van der Waals surface area contributed by atoms with Gasteiger partial charge in [-0.3, -0.25) is 4.79 Å². The van der Waals surface area contributed by atoms with Gasteiger partial charge in [0.25, 0.3) is 5.91 Å². The molecule has 28 heavy (non-hydrogen) atoms. The maximum absolute atomic E-state index is 12.8. The number of ether oxygens (including phenoxy) is 1. The van der Waals surface area contributed by atoms with E-state index in [1.807, 2.05) is 36.0 Å². The minimum absolute atomic E-state index is 0.232. The number of benzene rings is 1. The van der Waals surface area contributed by atoms with Gasteiger partial charge >= 0.3 is 5.97 Å². The van der Waals surface area contributed by atoms with Gasteiger partial charge in [-0.05, 0) is 38.7 Å². The second kappa shape index (κ2) is 8.60. The number of amides is 1. The van der Waals surface area contributed by atoms with Crippen LogP contribution in [-0.4, -0.2) is 29.3 Å². The predicted octanol–water partition coefficient (Wildman–Crippen LogP) is 4.82. The first-order valence-corrected chi connectivity index (χ1v) is 11.3. The molecule has 0 aliphatic heterocycles. The van der Waals surface area contributed by atoms with E-state index in [9.17, 15) is 9.59 Å². The quantitative estimate of drug-likeness (QED) is 0.674. The molecule has 1 aromatic carbocycles. The molecule has 0 saturated heterocycles. The molecule has 0 radical (unpaired) electrons. The Morgan fingerprint density at radius 1 is 1.18 bits per heavy atom. The number of carbonyl (C=O) groups excluding carboxylic acids is 2. The van der Waals surface area contributed by atoms with Crippen LogP contribution in [0.25, 0.3) is 11.0 Å². The van der Waals surface area contributed by atoms with E-state index in [0.717, 1.165) is 29.5 Å². The van der Waals surface area contributed by atoms with Crippen LogP contribution in [0.3, 0.4) is 0 Å². The molecule has 2 aromatic rings. The molecule has 2 fully saturated rings. The van der Waals surface area contributed by atoms with Crippen LogP contribution in [0.4, 0.5) is 0 Å². The second-order valence-electron chi connectivity index (χ2n) is 7.81. The largest absolute Gasteiger partial charge is 0.449 e. The number of fused-ring (bicyclic) bond motifs is 1. The summed E-state index contributed by atoms with van der Waals surface area (Å²) in [5.74, 6) is 0.143. The molecular weight excluding hydrogens is 374 g/mol. The van der Waals surface area contributed by atoms with Gasteiger partial charge in [-0.15, -0.1) is 0 Å². The first-order chi connectivity index (χ1) is 13.6. The van der Waals surface area contributed by atoms with Gasteiger partial charge in [-0.1, -0.05) is 37.5 Å². The van der Waals surface area contributed by atoms with Crippen LogP contribution in [0.15, 0.2) is 28.7 Å². The molecule has 1 atom stereocenters. The van der Waals surface area contributed by atoms with Crippen LogP contribution in [-0.2, 0) is 15.3 Å². The van der Waals surface area contributed by atoms with E-state index < -0.39 is 12.1 Å². The van der Waals surface area contributed by atoms with Crippen LogP contribution in [0.1, 0.15) is 68.0 Å². The smallest absolute Gasteiger partial charge is 0.375 e. The number of furan rings is 1. The lowest BCUT2D eigenvalue weighted by molar-refractivity contribution is -0.129. The minimum Gasteiger partial charge on any atom is -0.449 e. The molecule has 2 saturated carbocycles. The Morgan fingerprint density at radius 2 is 1.93 bits per heavy atom. The first-order valence-electron chi connectivity index (χ1n) is 10.2. The summed E-state index contributed by atoms with van der Waals surface area (Å²) in [6.45, 7) is 1.61. The zero-order valence-corrected chi connectivity index (χ0v) is 17.1.